The van der Waals surface area contributed by atoms with Crippen LogP contribution in [0.15, 0.2) is 35.5 Å². The zero-order valence-corrected chi connectivity index (χ0v) is 16.8. The summed E-state index contributed by atoms with van der Waals surface area (Å²) in [6, 6.07) is 9.93. The summed E-state index contributed by atoms with van der Waals surface area (Å²) >= 11 is 0. The van der Waals surface area contributed by atoms with E-state index >= 15 is 0 Å². The largest absolute Gasteiger partial charge is 0.492 e. The van der Waals surface area contributed by atoms with E-state index in [-0.39, 0.29) is 13.4 Å². The average molecular weight is 403 g/mol. The summed E-state index contributed by atoms with van der Waals surface area (Å²) in [5.41, 5.74) is 5.53. The number of oxime groups is 1. The van der Waals surface area contributed by atoms with E-state index in [4.69, 9.17) is 25.5 Å². The third kappa shape index (κ3) is 3.02. The number of ether oxygens (including phenoxy) is 3. The highest BCUT2D eigenvalue weighted by molar-refractivity contribution is 6.30. The molecule has 0 unspecified atom stereocenters. The van der Waals surface area contributed by atoms with Gasteiger partial charge >= 0.3 is 0 Å². The minimum absolute atomic E-state index is 0.0972. The lowest BCUT2D eigenvalue weighted by Gasteiger charge is -2.11. The summed E-state index contributed by atoms with van der Waals surface area (Å²) in [6.45, 7) is 1.76. The smallest absolute Gasteiger partial charge is 0.231 e. The minimum atomic E-state index is 0.0972. The summed E-state index contributed by atoms with van der Waals surface area (Å²) in [6.07, 6.45) is 5.33. The fraction of sp³-hybridized carbons (Fsp3) is 0.261. The zero-order valence-electron chi connectivity index (χ0n) is 16.8. The van der Waals surface area contributed by atoms with Crippen molar-refractivity contribution in [2.24, 2.45) is 5.16 Å². The van der Waals surface area contributed by atoms with Crippen molar-refractivity contribution >= 4 is 16.6 Å². The van der Waals surface area contributed by atoms with E-state index in [1.807, 2.05) is 44.4 Å². The van der Waals surface area contributed by atoms with Crippen LogP contribution in [-0.2, 0) is 4.84 Å². The monoisotopic (exact) mass is 403 g/mol. The van der Waals surface area contributed by atoms with Crippen LogP contribution in [0, 0.1) is 12.3 Å². The second-order valence-electron chi connectivity index (χ2n) is 7.40. The maximum Gasteiger partial charge on any atom is 0.231 e. The van der Waals surface area contributed by atoms with Crippen LogP contribution in [0.25, 0.3) is 22.2 Å². The van der Waals surface area contributed by atoms with Gasteiger partial charge in [0.2, 0.25) is 6.79 Å². The molecule has 0 saturated carbocycles. The molecule has 2 aliphatic rings. The Morgan fingerprint density at radius 3 is 2.73 bits per heavy atom. The highest BCUT2D eigenvalue weighted by Crippen LogP contribution is 2.47. The van der Waals surface area contributed by atoms with Crippen LogP contribution in [-0.4, -0.2) is 56.2 Å². The Balaban J connectivity index is 1.61. The molecule has 0 radical (unpaired) electrons. The number of fused-ring (bicyclic) bond motifs is 6. The van der Waals surface area contributed by atoms with Crippen LogP contribution in [0.5, 0.6) is 17.2 Å². The Kier molecular flexibility index (Phi) is 4.49. The number of likely N-dealkylation sites (N-methyl/N-ethyl adjacent to an activating group) is 1. The molecule has 30 heavy (non-hydrogen) atoms. The Hall–Kier alpha value is -3.63. The summed E-state index contributed by atoms with van der Waals surface area (Å²) < 4.78 is 17.1. The third-order valence-corrected chi connectivity index (χ3v) is 5.15. The van der Waals surface area contributed by atoms with Gasteiger partial charge < -0.3 is 28.9 Å². The Labute approximate surface area is 174 Å². The Bertz CT molecular complexity index is 1200. The molecule has 1 N–H and O–H groups in total. The normalized spacial score (nSPS) is 14.8. The van der Waals surface area contributed by atoms with E-state index in [1.165, 1.54) is 0 Å². The van der Waals surface area contributed by atoms with Crippen LogP contribution in [0.1, 0.15) is 11.1 Å². The van der Waals surface area contributed by atoms with Gasteiger partial charge in [0.1, 0.15) is 18.1 Å². The zero-order chi connectivity index (χ0) is 20.7. The lowest BCUT2D eigenvalue weighted by atomic mass is 10.1. The SMILES string of the molecule is C#CCO/N=C1/c2cc3c(cc2-c2[nH]c4ccc(OCCN(C)C)cc4c21)OCO3. The fourth-order valence-electron chi connectivity index (χ4n) is 3.76. The first-order chi connectivity index (χ1) is 14.7. The summed E-state index contributed by atoms with van der Waals surface area (Å²) in [7, 11) is 4.04. The van der Waals surface area contributed by atoms with E-state index in [0.29, 0.717) is 18.1 Å². The lowest BCUT2D eigenvalue weighted by Crippen LogP contribution is -2.19. The van der Waals surface area contributed by atoms with Crippen molar-refractivity contribution in [2.75, 3.05) is 40.6 Å². The van der Waals surface area contributed by atoms with Crippen LogP contribution in [0.3, 0.4) is 0 Å². The van der Waals surface area contributed by atoms with Crippen molar-refractivity contribution < 1.29 is 19.0 Å². The van der Waals surface area contributed by atoms with E-state index < -0.39 is 0 Å². The van der Waals surface area contributed by atoms with E-state index in [1.54, 1.807) is 0 Å². The number of nitrogens with one attached hydrogen (secondary N) is 1. The molecular weight excluding hydrogens is 382 g/mol. The topological polar surface area (TPSA) is 68.3 Å². The summed E-state index contributed by atoms with van der Waals surface area (Å²) in [5, 5.41) is 5.38. The molecular formula is C23H21N3O4. The van der Waals surface area contributed by atoms with Crippen molar-refractivity contribution in [1.29, 1.82) is 0 Å². The molecule has 0 bridgehead atoms. The minimum Gasteiger partial charge on any atom is -0.492 e. The molecule has 0 atom stereocenters. The number of aromatic nitrogens is 1. The van der Waals surface area contributed by atoms with Gasteiger partial charge in [-0.15, -0.1) is 6.42 Å². The average Bonchev–Trinajstić information content (AvgIpc) is 3.40. The molecule has 2 heterocycles. The molecule has 1 aliphatic heterocycles. The van der Waals surface area contributed by atoms with Crippen LogP contribution in [0.2, 0.25) is 0 Å². The van der Waals surface area contributed by atoms with Crippen molar-refractivity contribution in [3.8, 4) is 40.8 Å². The molecule has 7 nitrogen and oxygen atoms in total. The van der Waals surface area contributed by atoms with E-state index in [0.717, 1.165) is 51.3 Å². The van der Waals surface area contributed by atoms with Gasteiger partial charge in [0.05, 0.1) is 5.69 Å². The maximum atomic E-state index is 5.94. The van der Waals surface area contributed by atoms with Crippen molar-refractivity contribution in [2.45, 2.75) is 0 Å². The lowest BCUT2D eigenvalue weighted by molar-refractivity contribution is 0.174. The van der Waals surface area contributed by atoms with Gasteiger partial charge in [-0.2, -0.15) is 0 Å². The van der Waals surface area contributed by atoms with E-state index in [9.17, 15) is 0 Å². The fourth-order valence-corrected chi connectivity index (χ4v) is 3.76. The molecule has 2 aromatic carbocycles. The third-order valence-electron chi connectivity index (χ3n) is 5.15. The quantitative estimate of drug-likeness (QED) is 0.304. The first-order valence-electron chi connectivity index (χ1n) is 9.67. The molecule has 0 spiro atoms. The predicted molar refractivity (Wildman–Crippen MR) is 114 cm³/mol. The number of aromatic amines is 1. The molecule has 5 rings (SSSR count). The highest BCUT2D eigenvalue weighted by Gasteiger charge is 2.33. The number of hydrogen-bond donors (Lipinski definition) is 1. The van der Waals surface area contributed by atoms with Crippen molar-refractivity contribution in [1.82, 2.24) is 9.88 Å². The Morgan fingerprint density at radius 1 is 1.17 bits per heavy atom. The van der Waals surface area contributed by atoms with Gasteiger partial charge in [-0.3, -0.25) is 0 Å². The van der Waals surface area contributed by atoms with Gasteiger partial charge in [0.25, 0.3) is 0 Å². The second kappa shape index (κ2) is 7.32. The van der Waals surface area contributed by atoms with Gasteiger partial charge in [-0.25, -0.2) is 0 Å². The van der Waals surface area contributed by atoms with Crippen LogP contribution >= 0.6 is 0 Å². The van der Waals surface area contributed by atoms with E-state index in [2.05, 4.69) is 21.0 Å². The van der Waals surface area contributed by atoms with Crippen LogP contribution < -0.4 is 14.2 Å². The van der Waals surface area contributed by atoms with Crippen LogP contribution in [0.4, 0.5) is 0 Å². The number of terminal acetylenes is 1. The van der Waals surface area contributed by atoms with Gasteiger partial charge in [-0.1, -0.05) is 11.1 Å². The number of H-pyrrole nitrogens is 1. The molecule has 0 fully saturated rings. The highest BCUT2D eigenvalue weighted by atomic mass is 16.7. The molecule has 0 saturated heterocycles. The van der Waals surface area contributed by atoms with Gasteiger partial charge in [0.15, 0.2) is 18.1 Å². The maximum absolute atomic E-state index is 5.94. The first-order valence-corrected chi connectivity index (χ1v) is 9.67. The van der Waals surface area contributed by atoms with Crippen molar-refractivity contribution in [3.63, 3.8) is 0 Å². The van der Waals surface area contributed by atoms with Crippen molar-refractivity contribution in [3.05, 3.63) is 41.5 Å². The van der Waals surface area contributed by atoms with Gasteiger partial charge in [-0.05, 0) is 44.4 Å². The summed E-state index contributed by atoms with van der Waals surface area (Å²) in [4.78, 5) is 11.0. The molecule has 152 valence electrons. The number of benzene rings is 2. The molecule has 1 aliphatic carbocycles. The molecule has 0 amide bonds. The summed E-state index contributed by atoms with van der Waals surface area (Å²) in [5.74, 6) is 4.67. The first kappa shape index (κ1) is 18.4. The number of rotatable bonds is 6. The predicted octanol–water partition coefficient (Wildman–Crippen LogP) is 3.22. The standard InChI is InChI=1S/C23H21N3O4/c1-4-8-30-25-23-16-12-20-19(28-13-29-20)11-15(16)22-21(23)17-10-14(5-6-18(17)24-22)27-9-7-26(2)3/h1,5-6,10-12,24H,7-9,13H2,2-3H3/b25-23-. The number of nitrogens with zero attached hydrogens (tertiary/aromatic N) is 2. The number of hydrogen-bond acceptors (Lipinski definition) is 6. The molecule has 7 heteroatoms. The van der Waals surface area contributed by atoms with Gasteiger partial charge in [0, 0.05) is 34.1 Å². The molecule has 3 aromatic rings. The molecule has 1 aromatic heterocycles. The Morgan fingerprint density at radius 2 is 1.97 bits per heavy atom. The second-order valence-corrected chi connectivity index (χ2v) is 7.40.